The number of amides is 1. The van der Waals surface area contributed by atoms with Crippen molar-refractivity contribution in [2.75, 3.05) is 7.11 Å². The maximum absolute atomic E-state index is 12.2. The van der Waals surface area contributed by atoms with Gasteiger partial charge in [-0.15, -0.1) is 0 Å². The van der Waals surface area contributed by atoms with Crippen molar-refractivity contribution in [1.29, 1.82) is 0 Å². The van der Waals surface area contributed by atoms with Gasteiger partial charge in [0.15, 0.2) is 0 Å². The standard InChI is InChI=1S/C24H27N3O2/c1-5-20-10-6-7-12-23(20)27-17(2)13-21(18(27)3)16-25-26-24(28)15-19-9-8-11-22(14-19)29-4/h6-14,16H,5,15H2,1-4H3,(H,26,28)/b25-16+. The molecule has 0 aliphatic rings. The number of aromatic nitrogens is 1. The monoisotopic (exact) mass is 389 g/mol. The molecule has 29 heavy (non-hydrogen) atoms. The number of rotatable bonds is 7. The van der Waals surface area contributed by atoms with Crippen LogP contribution in [0.3, 0.4) is 0 Å². The third-order valence-electron chi connectivity index (χ3n) is 4.98. The quantitative estimate of drug-likeness (QED) is 0.482. The lowest BCUT2D eigenvalue weighted by molar-refractivity contribution is -0.120. The van der Waals surface area contributed by atoms with E-state index in [0.717, 1.165) is 34.7 Å². The number of hydrogen-bond acceptors (Lipinski definition) is 3. The van der Waals surface area contributed by atoms with E-state index in [9.17, 15) is 4.79 Å². The molecular weight excluding hydrogens is 362 g/mol. The molecule has 5 nitrogen and oxygen atoms in total. The topological polar surface area (TPSA) is 55.6 Å². The molecule has 0 unspecified atom stereocenters. The first-order valence-electron chi connectivity index (χ1n) is 9.75. The first-order valence-corrected chi connectivity index (χ1v) is 9.75. The molecule has 0 saturated heterocycles. The van der Waals surface area contributed by atoms with Gasteiger partial charge in [0, 0.05) is 22.6 Å². The zero-order chi connectivity index (χ0) is 20.8. The molecule has 3 rings (SSSR count). The summed E-state index contributed by atoms with van der Waals surface area (Å²) in [4.78, 5) is 12.2. The Morgan fingerprint density at radius 1 is 1.14 bits per heavy atom. The minimum atomic E-state index is -0.167. The number of ether oxygens (including phenoxy) is 1. The summed E-state index contributed by atoms with van der Waals surface area (Å²) in [5, 5.41) is 4.16. The molecule has 0 fully saturated rings. The van der Waals surface area contributed by atoms with Gasteiger partial charge < -0.3 is 9.30 Å². The number of methoxy groups -OCH3 is 1. The van der Waals surface area contributed by atoms with E-state index in [4.69, 9.17) is 4.74 Å². The fourth-order valence-corrected chi connectivity index (χ4v) is 3.50. The van der Waals surface area contributed by atoms with Crippen LogP contribution in [0.2, 0.25) is 0 Å². The molecule has 5 heteroatoms. The fraction of sp³-hybridized carbons (Fsp3) is 0.250. The number of carbonyl (C=O) groups excluding carboxylic acids is 1. The predicted octanol–water partition coefficient (Wildman–Crippen LogP) is 4.36. The van der Waals surface area contributed by atoms with Gasteiger partial charge in [-0.3, -0.25) is 4.79 Å². The van der Waals surface area contributed by atoms with Crippen LogP contribution in [0.15, 0.2) is 59.7 Å². The maximum Gasteiger partial charge on any atom is 0.244 e. The Morgan fingerprint density at radius 2 is 1.93 bits per heavy atom. The summed E-state index contributed by atoms with van der Waals surface area (Å²) >= 11 is 0. The molecule has 1 amide bonds. The van der Waals surface area contributed by atoms with E-state index in [1.165, 1.54) is 11.3 Å². The highest BCUT2D eigenvalue weighted by atomic mass is 16.5. The van der Waals surface area contributed by atoms with Gasteiger partial charge in [0.05, 0.1) is 19.7 Å². The molecule has 0 atom stereocenters. The van der Waals surface area contributed by atoms with Crippen LogP contribution in [-0.4, -0.2) is 23.8 Å². The number of benzene rings is 2. The van der Waals surface area contributed by atoms with E-state index in [1.54, 1.807) is 13.3 Å². The Bertz CT molecular complexity index is 1030. The van der Waals surface area contributed by atoms with Crippen LogP contribution in [0.5, 0.6) is 5.75 Å². The van der Waals surface area contributed by atoms with Gasteiger partial charge in [0.25, 0.3) is 0 Å². The lowest BCUT2D eigenvalue weighted by atomic mass is 10.1. The molecule has 150 valence electrons. The van der Waals surface area contributed by atoms with E-state index < -0.39 is 0 Å². The molecule has 0 spiro atoms. The Labute approximate surface area is 172 Å². The van der Waals surface area contributed by atoms with Gasteiger partial charge in [-0.2, -0.15) is 5.10 Å². The zero-order valence-electron chi connectivity index (χ0n) is 17.4. The van der Waals surface area contributed by atoms with E-state index in [1.807, 2.05) is 24.3 Å². The summed E-state index contributed by atoms with van der Waals surface area (Å²) in [5.41, 5.74) is 9.18. The number of hydrogen-bond donors (Lipinski definition) is 1. The van der Waals surface area contributed by atoms with Gasteiger partial charge in [0.1, 0.15) is 5.75 Å². The SMILES string of the molecule is CCc1ccccc1-n1c(C)cc(/C=N/NC(=O)Cc2cccc(OC)c2)c1C. The van der Waals surface area contributed by atoms with Crippen molar-refractivity contribution in [2.45, 2.75) is 33.6 Å². The van der Waals surface area contributed by atoms with Crippen molar-refractivity contribution in [2.24, 2.45) is 5.10 Å². The van der Waals surface area contributed by atoms with Crippen LogP contribution in [0.25, 0.3) is 5.69 Å². The molecule has 0 aliphatic carbocycles. The number of carbonyl (C=O) groups is 1. The average molecular weight is 389 g/mol. The Morgan fingerprint density at radius 3 is 2.69 bits per heavy atom. The molecule has 1 aromatic heterocycles. The highest BCUT2D eigenvalue weighted by Crippen LogP contribution is 2.23. The first kappa shape index (κ1) is 20.4. The molecule has 0 radical (unpaired) electrons. The second-order valence-electron chi connectivity index (χ2n) is 6.97. The number of hydrazone groups is 1. The Balaban J connectivity index is 1.72. The van der Waals surface area contributed by atoms with Crippen LogP contribution in [0.1, 0.15) is 35.0 Å². The van der Waals surface area contributed by atoms with Crippen molar-refractivity contribution in [3.63, 3.8) is 0 Å². The van der Waals surface area contributed by atoms with E-state index >= 15 is 0 Å². The molecule has 1 N–H and O–H groups in total. The van der Waals surface area contributed by atoms with Crippen molar-refractivity contribution in [3.8, 4) is 11.4 Å². The van der Waals surface area contributed by atoms with Crippen LogP contribution in [0, 0.1) is 13.8 Å². The summed E-state index contributed by atoms with van der Waals surface area (Å²) in [7, 11) is 1.61. The Kier molecular flexibility index (Phi) is 6.50. The molecule has 0 aliphatic heterocycles. The molecule has 0 saturated carbocycles. The third kappa shape index (κ3) is 4.74. The fourth-order valence-electron chi connectivity index (χ4n) is 3.50. The van der Waals surface area contributed by atoms with Crippen molar-refractivity contribution >= 4 is 12.1 Å². The number of para-hydroxylation sites is 1. The summed E-state index contributed by atoms with van der Waals surface area (Å²) < 4.78 is 7.43. The minimum absolute atomic E-state index is 0.167. The summed E-state index contributed by atoms with van der Waals surface area (Å²) in [6.45, 7) is 6.31. The summed E-state index contributed by atoms with van der Waals surface area (Å²) in [5.74, 6) is 0.568. The minimum Gasteiger partial charge on any atom is -0.497 e. The summed E-state index contributed by atoms with van der Waals surface area (Å²) in [6.07, 6.45) is 2.92. The number of nitrogens with zero attached hydrogens (tertiary/aromatic N) is 2. The predicted molar refractivity (Wildman–Crippen MR) is 117 cm³/mol. The molecule has 3 aromatic rings. The molecule has 0 bridgehead atoms. The van der Waals surface area contributed by atoms with E-state index in [0.29, 0.717) is 0 Å². The normalized spacial score (nSPS) is 11.0. The van der Waals surface area contributed by atoms with Gasteiger partial charge in [-0.05, 0) is 55.7 Å². The van der Waals surface area contributed by atoms with Gasteiger partial charge in [0.2, 0.25) is 5.91 Å². The zero-order valence-corrected chi connectivity index (χ0v) is 17.4. The second kappa shape index (κ2) is 9.24. The van der Waals surface area contributed by atoms with Crippen LogP contribution in [-0.2, 0) is 17.6 Å². The second-order valence-corrected chi connectivity index (χ2v) is 6.97. The molecule has 1 heterocycles. The van der Waals surface area contributed by atoms with E-state index in [2.05, 4.69) is 66.2 Å². The highest BCUT2D eigenvalue weighted by molar-refractivity contribution is 5.85. The van der Waals surface area contributed by atoms with Crippen LogP contribution in [0.4, 0.5) is 0 Å². The highest BCUT2D eigenvalue weighted by Gasteiger charge is 2.12. The lowest BCUT2D eigenvalue weighted by Gasteiger charge is -2.13. The first-order chi connectivity index (χ1) is 14.0. The number of nitrogens with one attached hydrogen (secondary N) is 1. The average Bonchev–Trinajstić information content (AvgIpc) is 3.01. The van der Waals surface area contributed by atoms with Crippen LogP contribution < -0.4 is 10.2 Å². The third-order valence-corrected chi connectivity index (χ3v) is 4.98. The van der Waals surface area contributed by atoms with Gasteiger partial charge in [-0.25, -0.2) is 5.43 Å². The number of aryl methyl sites for hydroxylation is 2. The molecule has 2 aromatic carbocycles. The van der Waals surface area contributed by atoms with E-state index in [-0.39, 0.29) is 12.3 Å². The maximum atomic E-state index is 12.2. The van der Waals surface area contributed by atoms with Crippen molar-refractivity contribution in [3.05, 3.63) is 82.7 Å². The van der Waals surface area contributed by atoms with Crippen molar-refractivity contribution in [1.82, 2.24) is 9.99 Å². The van der Waals surface area contributed by atoms with Gasteiger partial charge in [-0.1, -0.05) is 37.3 Å². The Hall–Kier alpha value is -3.34. The lowest BCUT2D eigenvalue weighted by Crippen LogP contribution is -2.19. The van der Waals surface area contributed by atoms with Crippen molar-refractivity contribution < 1.29 is 9.53 Å². The molecular formula is C24H27N3O2. The largest absolute Gasteiger partial charge is 0.497 e. The summed E-state index contributed by atoms with van der Waals surface area (Å²) in [6, 6.07) is 18.0. The smallest absolute Gasteiger partial charge is 0.244 e. The van der Waals surface area contributed by atoms with Crippen LogP contribution >= 0.6 is 0 Å². The van der Waals surface area contributed by atoms with Gasteiger partial charge >= 0.3 is 0 Å².